The van der Waals surface area contributed by atoms with Crippen LogP contribution in [-0.4, -0.2) is 74.0 Å². The van der Waals surface area contributed by atoms with Crippen molar-refractivity contribution >= 4 is 17.4 Å². The predicted octanol–water partition coefficient (Wildman–Crippen LogP) is 2.53. The molecular weight excluding hydrogens is 442 g/mol. The highest BCUT2D eigenvalue weighted by molar-refractivity contribution is 6.46. The summed E-state index contributed by atoms with van der Waals surface area (Å²) in [7, 11) is 2.99. The molecule has 0 saturated carbocycles. The van der Waals surface area contributed by atoms with Crippen LogP contribution in [0.3, 0.4) is 0 Å². The molecule has 0 radical (unpaired) electrons. The monoisotopic (exact) mass is 471 g/mol. The normalized spacial score (nSPS) is 17.2. The highest BCUT2D eigenvalue weighted by atomic mass is 16.5. The molecule has 2 aromatic rings. The van der Waals surface area contributed by atoms with Gasteiger partial charge in [0.15, 0.2) is 0 Å². The first-order valence-corrected chi connectivity index (χ1v) is 10.9. The molecule has 0 aliphatic carbocycles. The first-order valence-electron chi connectivity index (χ1n) is 10.9. The van der Waals surface area contributed by atoms with E-state index in [0.29, 0.717) is 35.0 Å². The van der Waals surface area contributed by atoms with Crippen LogP contribution in [0.15, 0.2) is 48.0 Å². The van der Waals surface area contributed by atoms with Gasteiger partial charge in [0.05, 0.1) is 52.3 Å². The van der Waals surface area contributed by atoms with Crippen LogP contribution in [0.1, 0.15) is 24.1 Å². The molecule has 34 heavy (non-hydrogen) atoms. The molecule has 1 atom stereocenters. The molecule has 0 bridgehead atoms. The van der Waals surface area contributed by atoms with Crippen molar-refractivity contribution in [2.24, 2.45) is 0 Å². The largest absolute Gasteiger partial charge is 0.507 e. The summed E-state index contributed by atoms with van der Waals surface area (Å²) in [5.41, 5.74) is 0.826. The molecule has 2 aromatic carbocycles. The van der Waals surface area contributed by atoms with Crippen LogP contribution in [0, 0.1) is 0 Å². The van der Waals surface area contributed by atoms with Crippen LogP contribution in [0.25, 0.3) is 5.76 Å². The number of carbonyl (C=O) groups excluding carboxylic acids is 2. The first-order chi connectivity index (χ1) is 16.5. The molecule has 0 spiro atoms. The third kappa shape index (κ3) is 5.16. The van der Waals surface area contributed by atoms with Gasteiger partial charge >= 0.3 is 0 Å². The number of nitrogens with zero attached hydrogens (tertiary/aromatic N) is 1. The highest BCUT2D eigenvalue weighted by Gasteiger charge is 2.47. The Labute approximate surface area is 198 Å². The summed E-state index contributed by atoms with van der Waals surface area (Å²) in [6.07, 6.45) is 0. The van der Waals surface area contributed by atoms with Crippen LogP contribution in [0.4, 0.5) is 0 Å². The van der Waals surface area contributed by atoms with Crippen LogP contribution < -0.4 is 14.2 Å². The van der Waals surface area contributed by atoms with Gasteiger partial charge in [0, 0.05) is 23.7 Å². The van der Waals surface area contributed by atoms with E-state index in [-0.39, 0.29) is 37.7 Å². The van der Waals surface area contributed by atoms with Gasteiger partial charge in [-0.25, -0.2) is 0 Å². The van der Waals surface area contributed by atoms with E-state index in [0.717, 1.165) is 0 Å². The maximum Gasteiger partial charge on any atom is 0.295 e. The Bertz CT molecular complexity index is 1050. The third-order valence-corrected chi connectivity index (χ3v) is 5.43. The summed E-state index contributed by atoms with van der Waals surface area (Å²) in [5, 5.41) is 20.1. The Balaban J connectivity index is 2.11. The summed E-state index contributed by atoms with van der Waals surface area (Å²) < 4.78 is 21.6. The van der Waals surface area contributed by atoms with E-state index in [1.807, 2.05) is 6.92 Å². The quantitative estimate of drug-likeness (QED) is 0.222. The number of hydrogen-bond donors (Lipinski definition) is 2. The number of likely N-dealkylation sites (tertiary alicyclic amines) is 1. The van der Waals surface area contributed by atoms with Gasteiger partial charge in [-0.15, -0.1) is 0 Å². The molecule has 1 saturated heterocycles. The zero-order valence-electron chi connectivity index (χ0n) is 19.4. The van der Waals surface area contributed by atoms with Crippen molar-refractivity contribution in [1.29, 1.82) is 0 Å². The van der Waals surface area contributed by atoms with Crippen molar-refractivity contribution < 1.29 is 38.7 Å². The fraction of sp³-hybridized carbons (Fsp3) is 0.360. The van der Waals surface area contributed by atoms with E-state index >= 15 is 0 Å². The number of methoxy groups -OCH3 is 2. The molecule has 9 nitrogen and oxygen atoms in total. The molecular formula is C25H29NO8. The first kappa shape index (κ1) is 25.1. The minimum absolute atomic E-state index is 0.0558. The van der Waals surface area contributed by atoms with E-state index in [2.05, 4.69) is 0 Å². The van der Waals surface area contributed by atoms with Crippen molar-refractivity contribution in [3.63, 3.8) is 0 Å². The second kappa shape index (κ2) is 11.5. The van der Waals surface area contributed by atoms with Crippen molar-refractivity contribution in [2.75, 3.05) is 47.2 Å². The second-order valence-electron chi connectivity index (χ2n) is 7.39. The van der Waals surface area contributed by atoms with Crippen LogP contribution in [0.5, 0.6) is 17.2 Å². The number of rotatable bonds is 11. The fourth-order valence-electron chi connectivity index (χ4n) is 3.84. The molecule has 182 valence electrons. The van der Waals surface area contributed by atoms with Gasteiger partial charge in [-0.1, -0.05) is 0 Å². The number of ether oxygens (including phenoxy) is 4. The maximum atomic E-state index is 13.1. The lowest BCUT2D eigenvalue weighted by molar-refractivity contribution is -0.140. The number of ketones is 1. The lowest BCUT2D eigenvalue weighted by atomic mass is 9.94. The van der Waals surface area contributed by atoms with Crippen molar-refractivity contribution in [1.82, 2.24) is 4.90 Å². The van der Waals surface area contributed by atoms with Crippen LogP contribution >= 0.6 is 0 Å². The zero-order chi connectivity index (χ0) is 24.7. The Kier molecular flexibility index (Phi) is 8.50. The highest BCUT2D eigenvalue weighted by Crippen LogP contribution is 2.43. The minimum Gasteiger partial charge on any atom is -0.507 e. The Hall–Kier alpha value is -3.56. The number of amides is 1. The van der Waals surface area contributed by atoms with Gasteiger partial charge in [-0.3, -0.25) is 9.59 Å². The summed E-state index contributed by atoms with van der Waals surface area (Å²) in [4.78, 5) is 27.5. The smallest absolute Gasteiger partial charge is 0.295 e. The Morgan fingerprint density at radius 1 is 1.00 bits per heavy atom. The molecule has 2 N–H and O–H groups in total. The third-order valence-electron chi connectivity index (χ3n) is 5.43. The van der Waals surface area contributed by atoms with Crippen LogP contribution in [-0.2, 0) is 14.3 Å². The molecule has 1 unspecified atom stereocenters. The molecule has 1 aliphatic heterocycles. The Morgan fingerprint density at radius 3 is 2.32 bits per heavy atom. The summed E-state index contributed by atoms with van der Waals surface area (Å²) >= 11 is 0. The predicted molar refractivity (Wildman–Crippen MR) is 124 cm³/mol. The molecule has 9 heteroatoms. The van der Waals surface area contributed by atoms with Gasteiger partial charge in [-0.05, 0) is 43.3 Å². The van der Waals surface area contributed by atoms with Crippen LogP contribution in [0.2, 0.25) is 0 Å². The van der Waals surface area contributed by atoms with Crippen molar-refractivity contribution in [3.8, 4) is 17.2 Å². The summed E-state index contributed by atoms with van der Waals surface area (Å²) in [6, 6.07) is 10.7. The molecule has 1 amide bonds. The molecule has 0 aromatic heterocycles. The summed E-state index contributed by atoms with van der Waals surface area (Å²) in [5.74, 6) is -0.322. The number of hydrogen-bond acceptors (Lipinski definition) is 8. The lowest BCUT2D eigenvalue weighted by Crippen LogP contribution is -2.33. The minimum atomic E-state index is -0.912. The number of Topliss-reactive ketones (excluding diaryl/α,β-unsaturated/α-hetero) is 1. The number of carbonyl (C=O) groups is 2. The van der Waals surface area contributed by atoms with E-state index in [1.165, 1.54) is 19.1 Å². The van der Waals surface area contributed by atoms with E-state index < -0.39 is 17.7 Å². The number of benzene rings is 2. The standard InChI is InChI=1S/C25H29NO8/c1-4-34-17-7-5-16(6-8-17)23(28)21-22(19-10-9-18(31-2)15-20(19)32-3)26(25(30)24(21)29)11-13-33-14-12-27/h5-10,15,22,27-28H,4,11-14H2,1-3H3/b23-21+. The molecule has 1 fully saturated rings. The van der Waals surface area contributed by atoms with Gasteiger partial charge in [0.1, 0.15) is 23.0 Å². The topological polar surface area (TPSA) is 115 Å². The zero-order valence-corrected chi connectivity index (χ0v) is 19.4. The fourth-order valence-corrected chi connectivity index (χ4v) is 3.84. The van der Waals surface area contributed by atoms with Crippen molar-refractivity contribution in [3.05, 3.63) is 59.2 Å². The average molecular weight is 472 g/mol. The van der Waals surface area contributed by atoms with Gasteiger partial charge in [-0.2, -0.15) is 0 Å². The van der Waals surface area contributed by atoms with E-state index in [9.17, 15) is 14.7 Å². The Morgan fingerprint density at radius 2 is 1.71 bits per heavy atom. The average Bonchev–Trinajstić information content (AvgIpc) is 3.11. The number of aliphatic hydroxyl groups excluding tert-OH is 2. The SMILES string of the molecule is CCOc1ccc(/C(O)=C2\C(=O)C(=O)N(CCOCCO)C2c2ccc(OC)cc2OC)cc1. The molecule has 1 aliphatic rings. The second-order valence-corrected chi connectivity index (χ2v) is 7.39. The van der Waals surface area contributed by atoms with E-state index in [4.69, 9.17) is 24.1 Å². The molecule has 3 rings (SSSR count). The maximum absolute atomic E-state index is 13.1. The summed E-state index contributed by atoms with van der Waals surface area (Å²) in [6.45, 7) is 2.48. The number of aliphatic hydroxyl groups is 2. The van der Waals surface area contributed by atoms with Crippen molar-refractivity contribution in [2.45, 2.75) is 13.0 Å². The van der Waals surface area contributed by atoms with Gasteiger partial charge < -0.3 is 34.1 Å². The molecule has 1 heterocycles. The van der Waals surface area contributed by atoms with E-state index in [1.54, 1.807) is 42.5 Å². The van der Waals surface area contributed by atoms with Gasteiger partial charge in [0.25, 0.3) is 11.7 Å². The van der Waals surface area contributed by atoms with Gasteiger partial charge in [0.2, 0.25) is 0 Å². The lowest BCUT2D eigenvalue weighted by Gasteiger charge is -2.26.